The smallest absolute Gasteiger partial charge is 0.330 e. The van der Waals surface area contributed by atoms with E-state index in [1.165, 1.54) is 0 Å². The van der Waals surface area contributed by atoms with E-state index in [1.807, 2.05) is 6.92 Å². The molecule has 0 fully saturated rings. The van der Waals surface area contributed by atoms with Crippen LogP contribution >= 0.6 is 7.60 Å². The van der Waals surface area contributed by atoms with Gasteiger partial charge in [0.15, 0.2) is 0 Å². The lowest BCUT2D eigenvalue weighted by atomic mass is 10.3. The van der Waals surface area contributed by atoms with Crippen molar-refractivity contribution >= 4 is 7.60 Å². The summed E-state index contributed by atoms with van der Waals surface area (Å²) >= 11 is 0. The Labute approximate surface area is 60.0 Å². The van der Waals surface area contributed by atoms with Gasteiger partial charge in [0.05, 0.1) is 12.3 Å². The Morgan fingerprint density at radius 2 is 2.00 bits per heavy atom. The van der Waals surface area contributed by atoms with Gasteiger partial charge in [-0.15, -0.1) is 0 Å². The van der Waals surface area contributed by atoms with Crippen LogP contribution in [0.4, 0.5) is 0 Å². The molecule has 0 rings (SSSR count). The van der Waals surface area contributed by atoms with Crippen LogP contribution in [0.5, 0.6) is 0 Å². The van der Waals surface area contributed by atoms with Crippen LogP contribution in [-0.4, -0.2) is 27.2 Å². The number of aliphatic hydroxyl groups is 1. The van der Waals surface area contributed by atoms with E-state index in [4.69, 9.17) is 14.9 Å². The number of rotatable bonds is 4. The van der Waals surface area contributed by atoms with Crippen molar-refractivity contribution in [2.45, 2.75) is 25.4 Å². The molecule has 0 aliphatic rings. The van der Waals surface area contributed by atoms with Gasteiger partial charge in [0.2, 0.25) is 0 Å². The second kappa shape index (κ2) is 4.09. The summed E-state index contributed by atoms with van der Waals surface area (Å²) in [5, 5.41) is 8.50. The Hall–Kier alpha value is 0.110. The Morgan fingerprint density at radius 1 is 1.50 bits per heavy atom. The maximum absolute atomic E-state index is 10.5. The summed E-state index contributed by atoms with van der Waals surface area (Å²) in [7, 11) is -4.04. The maximum atomic E-state index is 10.5. The molecule has 0 aliphatic heterocycles. The SMILES string of the molecule is CCCC(CO)P(=O)(O)O. The molecule has 10 heavy (non-hydrogen) atoms. The minimum atomic E-state index is -4.04. The Kier molecular flexibility index (Phi) is 4.13. The predicted octanol–water partition coefficient (Wildman–Crippen LogP) is 0.325. The monoisotopic (exact) mass is 168 g/mol. The molecule has 0 spiro atoms. The molecule has 0 saturated carbocycles. The third kappa shape index (κ3) is 3.32. The first-order valence-corrected chi connectivity index (χ1v) is 4.86. The fraction of sp³-hybridized carbons (Fsp3) is 1.00. The predicted molar refractivity (Wildman–Crippen MR) is 37.8 cm³/mol. The molecular formula is C5H13O4P. The van der Waals surface area contributed by atoms with Crippen LogP contribution in [0.15, 0.2) is 0 Å². The van der Waals surface area contributed by atoms with Crippen LogP contribution in [0.1, 0.15) is 19.8 Å². The molecule has 0 bridgehead atoms. The van der Waals surface area contributed by atoms with Gasteiger partial charge in [-0.2, -0.15) is 0 Å². The van der Waals surface area contributed by atoms with Crippen LogP contribution in [0.3, 0.4) is 0 Å². The molecule has 0 heterocycles. The molecule has 4 nitrogen and oxygen atoms in total. The third-order valence-electron chi connectivity index (χ3n) is 1.31. The molecule has 1 unspecified atom stereocenters. The Balaban J connectivity index is 3.94. The molecule has 3 N–H and O–H groups in total. The van der Waals surface area contributed by atoms with Gasteiger partial charge in [0, 0.05) is 0 Å². The highest BCUT2D eigenvalue weighted by molar-refractivity contribution is 7.52. The van der Waals surface area contributed by atoms with E-state index in [0.29, 0.717) is 12.8 Å². The summed E-state index contributed by atoms with van der Waals surface area (Å²) in [5.74, 6) is 0. The zero-order valence-electron chi connectivity index (χ0n) is 5.90. The zero-order valence-corrected chi connectivity index (χ0v) is 6.79. The summed E-state index contributed by atoms with van der Waals surface area (Å²) in [5.41, 5.74) is -0.863. The van der Waals surface area contributed by atoms with E-state index in [0.717, 1.165) is 0 Å². The average molecular weight is 168 g/mol. The molecular weight excluding hydrogens is 155 g/mol. The van der Waals surface area contributed by atoms with Crippen LogP contribution in [0.25, 0.3) is 0 Å². The largest absolute Gasteiger partial charge is 0.395 e. The van der Waals surface area contributed by atoms with Crippen molar-refractivity contribution in [3.8, 4) is 0 Å². The van der Waals surface area contributed by atoms with Gasteiger partial charge in [-0.1, -0.05) is 13.3 Å². The lowest BCUT2D eigenvalue weighted by Crippen LogP contribution is -2.12. The lowest BCUT2D eigenvalue weighted by Gasteiger charge is -2.13. The van der Waals surface area contributed by atoms with Gasteiger partial charge in [0.1, 0.15) is 0 Å². The molecule has 62 valence electrons. The van der Waals surface area contributed by atoms with Gasteiger partial charge in [0.25, 0.3) is 0 Å². The second-order valence-electron chi connectivity index (χ2n) is 2.21. The van der Waals surface area contributed by atoms with Gasteiger partial charge in [-0.3, -0.25) is 4.57 Å². The molecule has 0 saturated heterocycles. The van der Waals surface area contributed by atoms with Gasteiger partial charge < -0.3 is 14.9 Å². The van der Waals surface area contributed by atoms with Crippen molar-refractivity contribution in [2.75, 3.05) is 6.61 Å². The number of hydrogen-bond acceptors (Lipinski definition) is 2. The highest BCUT2D eigenvalue weighted by atomic mass is 31.2. The van der Waals surface area contributed by atoms with Crippen LogP contribution in [0.2, 0.25) is 0 Å². The Morgan fingerprint density at radius 3 is 2.10 bits per heavy atom. The fourth-order valence-electron chi connectivity index (χ4n) is 0.699. The van der Waals surface area contributed by atoms with E-state index in [1.54, 1.807) is 0 Å². The van der Waals surface area contributed by atoms with Crippen LogP contribution in [0, 0.1) is 0 Å². The minimum absolute atomic E-state index is 0.376. The van der Waals surface area contributed by atoms with Crippen LogP contribution in [-0.2, 0) is 4.57 Å². The number of aliphatic hydroxyl groups excluding tert-OH is 1. The van der Waals surface area contributed by atoms with Crippen molar-refractivity contribution in [2.24, 2.45) is 0 Å². The summed E-state index contributed by atoms with van der Waals surface area (Å²) < 4.78 is 10.5. The van der Waals surface area contributed by atoms with Gasteiger partial charge in [-0.25, -0.2) is 0 Å². The summed E-state index contributed by atoms with van der Waals surface area (Å²) in [6.07, 6.45) is 1.05. The minimum Gasteiger partial charge on any atom is -0.395 e. The highest BCUT2D eigenvalue weighted by Gasteiger charge is 2.26. The standard InChI is InChI=1S/C5H13O4P/c1-2-3-5(4-6)10(7,8)9/h5-6H,2-4H2,1H3,(H2,7,8,9). The third-order valence-corrected chi connectivity index (χ3v) is 2.68. The van der Waals surface area contributed by atoms with E-state index >= 15 is 0 Å². The molecule has 1 atom stereocenters. The summed E-state index contributed by atoms with van der Waals surface area (Å²) in [4.78, 5) is 17.1. The number of hydrogen-bond donors (Lipinski definition) is 3. The maximum Gasteiger partial charge on any atom is 0.330 e. The fourth-order valence-corrected chi connectivity index (χ4v) is 1.51. The van der Waals surface area contributed by atoms with Crippen molar-refractivity contribution < 1.29 is 19.5 Å². The van der Waals surface area contributed by atoms with Crippen molar-refractivity contribution in [3.63, 3.8) is 0 Å². The molecule has 0 aromatic heterocycles. The molecule has 0 aromatic carbocycles. The lowest BCUT2D eigenvalue weighted by molar-refractivity contribution is 0.259. The van der Waals surface area contributed by atoms with E-state index in [2.05, 4.69) is 0 Å². The second-order valence-corrected chi connectivity index (χ2v) is 4.12. The first kappa shape index (κ1) is 10.1. The summed E-state index contributed by atoms with van der Waals surface area (Å²) in [6, 6.07) is 0. The first-order chi connectivity index (χ1) is 4.52. The summed E-state index contributed by atoms with van der Waals surface area (Å²) in [6.45, 7) is 1.39. The normalized spacial score (nSPS) is 15.2. The first-order valence-electron chi connectivity index (χ1n) is 3.18. The molecule has 5 heteroatoms. The molecule has 0 amide bonds. The van der Waals surface area contributed by atoms with Crippen molar-refractivity contribution in [1.29, 1.82) is 0 Å². The van der Waals surface area contributed by atoms with E-state index in [-0.39, 0.29) is 0 Å². The Bertz CT molecular complexity index is 130. The quantitative estimate of drug-likeness (QED) is 0.528. The topological polar surface area (TPSA) is 77.8 Å². The molecule has 0 aliphatic carbocycles. The van der Waals surface area contributed by atoms with E-state index in [9.17, 15) is 4.57 Å². The average Bonchev–Trinajstić information content (AvgIpc) is 1.80. The van der Waals surface area contributed by atoms with E-state index < -0.39 is 19.9 Å². The van der Waals surface area contributed by atoms with Crippen molar-refractivity contribution in [3.05, 3.63) is 0 Å². The zero-order chi connectivity index (χ0) is 8.20. The van der Waals surface area contributed by atoms with Crippen molar-refractivity contribution in [1.82, 2.24) is 0 Å². The molecule has 0 aromatic rings. The molecule has 0 radical (unpaired) electrons. The van der Waals surface area contributed by atoms with Crippen LogP contribution < -0.4 is 0 Å². The highest BCUT2D eigenvalue weighted by Crippen LogP contribution is 2.42. The van der Waals surface area contributed by atoms with Gasteiger partial charge in [-0.05, 0) is 6.42 Å². The van der Waals surface area contributed by atoms with Gasteiger partial charge >= 0.3 is 7.60 Å².